The molecule has 1 fully saturated rings. The van der Waals surface area contributed by atoms with E-state index in [0.717, 1.165) is 45.1 Å². The van der Waals surface area contributed by atoms with Crippen LogP contribution in [0.25, 0.3) is 27.9 Å². The van der Waals surface area contributed by atoms with Crippen LogP contribution in [0.4, 0.5) is 5.82 Å². The van der Waals surface area contributed by atoms with Crippen LogP contribution >= 0.6 is 0 Å². The molecule has 1 aromatic carbocycles. The molecule has 0 spiro atoms. The number of nitrogens with zero attached hydrogens (tertiary/aromatic N) is 3. The topological polar surface area (TPSA) is 55.4 Å². The molecule has 126 valence electrons. The van der Waals surface area contributed by atoms with Gasteiger partial charge >= 0.3 is 0 Å². The number of anilines is 1. The fourth-order valence-corrected chi connectivity index (χ4v) is 3.70. The summed E-state index contributed by atoms with van der Waals surface area (Å²) in [4.78, 5) is 9.49. The number of benzene rings is 1. The molecule has 0 radical (unpaired) electrons. The minimum Gasteiger partial charge on any atom is -0.454 e. The standard InChI is InChI=1S/C20H20N4O/c1-12-5-3-8-14-11-15(25-18(12)14)16-17-19(21-2)22-9-10-24(17)20(23-16)13-6-4-7-13/h3,5,8-11,13H,4,6-7H2,1-2H3,(H,21,22). The number of aryl methyl sites for hydroxylation is 1. The molecule has 3 heterocycles. The molecule has 5 rings (SSSR count). The van der Waals surface area contributed by atoms with Crippen molar-refractivity contribution in [1.29, 1.82) is 0 Å². The lowest BCUT2D eigenvalue weighted by Gasteiger charge is -2.23. The SMILES string of the molecule is CNc1nccn2c(C3CCC3)nc(-c3cc4cccc(C)c4o3)c12. The summed E-state index contributed by atoms with van der Waals surface area (Å²) in [6.45, 7) is 2.07. The van der Waals surface area contributed by atoms with Crippen LogP contribution in [0.3, 0.4) is 0 Å². The number of furan rings is 1. The van der Waals surface area contributed by atoms with Gasteiger partial charge in [0.2, 0.25) is 0 Å². The maximum atomic E-state index is 6.21. The van der Waals surface area contributed by atoms with Crippen LogP contribution < -0.4 is 5.32 Å². The van der Waals surface area contributed by atoms with Crippen LogP contribution in [0.15, 0.2) is 41.1 Å². The zero-order valence-corrected chi connectivity index (χ0v) is 14.4. The summed E-state index contributed by atoms with van der Waals surface area (Å²) in [5, 5.41) is 4.31. The number of hydrogen-bond acceptors (Lipinski definition) is 4. The van der Waals surface area contributed by atoms with Crippen molar-refractivity contribution in [2.75, 3.05) is 12.4 Å². The monoisotopic (exact) mass is 332 g/mol. The molecule has 0 atom stereocenters. The quantitative estimate of drug-likeness (QED) is 0.587. The van der Waals surface area contributed by atoms with Crippen LogP contribution in [0.1, 0.15) is 36.6 Å². The molecule has 0 unspecified atom stereocenters. The molecule has 0 saturated heterocycles. The minimum absolute atomic E-state index is 0.527. The first-order valence-corrected chi connectivity index (χ1v) is 8.80. The third kappa shape index (κ3) is 2.08. The Morgan fingerprint density at radius 2 is 2.16 bits per heavy atom. The lowest BCUT2D eigenvalue weighted by Crippen LogP contribution is -2.12. The number of aromatic nitrogens is 3. The number of imidazole rings is 1. The first kappa shape index (κ1) is 14.5. The van der Waals surface area contributed by atoms with Gasteiger partial charge in [0.15, 0.2) is 11.6 Å². The Morgan fingerprint density at radius 1 is 1.28 bits per heavy atom. The number of para-hydroxylation sites is 1. The molecule has 5 heteroatoms. The highest BCUT2D eigenvalue weighted by atomic mass is 16.3. The van der Waals surface area contributed by atoms with E-state index in [1.807, 2.05) is 19.4 Å². The Labute approximate surface area is 145 Å². The molecular formula is C20H20N4O. The molecule has 1 saturated carbocycles. The zero-order chi connectivity index (χ0) is 17.0. The van der Waals surface area contributed by atoms with E-state index in [1.165, 1.54) is 19.3 Å². The van der Waals surface area contributed by atoms with Crippen LogP contribution in [0.5, 0.6) is 0 Å². The van der Waals surface area contributed by atoms with Gasteiger partial charge in [-0.1, -0.05) is 24.6 Å². The van der Waals surface area contributed by atoms with E-state index < -0.39 is 0 Å². The van der Waals surface area contributed by atoms with Gasteiger partial charge in [0.05, 0.1) is 0 Å². The second-order valence-corrected chi connectivity index (χ2v) is 6.79. The summed E-state index contributed by atoms with van der Waals surface area (Å²) in [5.41, 5.74) is 3.93. The van der Waals surface area contributed by atoms with E-state index in [-0.39, 0.29) is 0 Å². The predicted octanol–water partition coefficient (Wildman–Crippen LogP) is 4.76. The molecule has 5 nitrogen and oxygen atoms in total. The van der Waals surface area contributed by atoms with E-state index in [1.54, 1.807) is 0 Å². The van der Waals surface area contributed by atoms with E-state index in [4.69, 9.17) is 9.40 Å². The van der Waals surface area contributed by atoms with Crippen LogP contribution in [0.2, 0.25) is 0 Å². The second kappa shape index (κ2) is 5.34. The Balaban J connectivity index is 1.80. The van der Waals surface area contributed by atoms with Crippen molar-refractivity contribution < 1.29 is 4.42 Å². The minimum atomic E-state index is 0.527. The van der Waals surface area contributed by atoms with Gasteiger partial charge in [0.25, 0.3) is 0 Å². The van der Waals surface area contributed by atoms with E-state index in [0.29, 0.717) is 5.92 Å². The molecule has 25 heavy (non-hydrogen) atoms. The largest absolute Gasteiger partial charge is 0.454 e. The molecule has 4 aromatic rings. The van der Waals surface area contributed by atoms with Gasteiger partial charge in [-0.15, -0.1) is 0 Å². The summed E-state index contributed by atoms with van der Waals surface area (Å²) >= 11 is 0. The Kier molecular flexibility index (Phi) is 3.10. The summed E-state index contributed by atoms with van der Waals surface area (Å²) < 4.78 is 8.38. The number of rotatable bonds is 3. The third-order valence-electron chi connectivity index (χ3n) is 5.26. The van der Waals surface area contributed by atoms with Crippen molar-refractivity contribution in [2.24, 2.45) is 0 Å². The zero-order valence-electron chi connectivity index (χ0n) is 14.4. The average molecular weight is 332 g/mol. The van der Waals surface area contributed by atoms with Crippen LogP contribution in [0, 0.1) is 6.92 Å². The van der Waals surface area contributed by atoms with Gasteiger partial charge in [0.1, 0.15) is 22.6 Å². The van der Waals surface area contributed by atoms with E-state index in [9.17, 15) is 0 Å². The molecule has 0 aliphatic heterocycles. The van der Waals surface area contributed by atoms with Crippen molar-refractivity contribution in [2.45, 2.75) is 32.1 Å². The Hall–Kier alpha value is -2.82. The maximum Gasteiger partial charge on any atom is 0.156 e. The van der Waals surface area contributed by atoms with Crippen LogP contribution in [-0.4, -0.2) is 21.4 Å². The fraction of sp³-hybridized carbons (Fsp3) is 0.300. The van der Waals surface area contributed by atoms with E-state index in [2.05, 4.69) is 45.9 Å². The van der Waals surface area contributed by atoms with Crippen molar-refractivity contribution >= 4 is 22.3 Å². The number of hydrogen-bond donors (Lipinski definition) is 1. The number of fused-ring (bicyclic) bond motifs is 2. The Bertz CT molecular complexity index is 1090. The first-order chi connectivity index (χ1) is 12.3. The normalized spacial score (nSPS) is 15.0. The third-order valence-corrected chi connectivity index (χ3v) is 5.26. The maximum absolute atomic E-state index is 6.21. The lowest BCUT2D eigenvalue weighted by molar-refractivity contribution is 0.400. The molecule has 1 N–H and O–H groups in total. The van der Waals surface area contributed by atoms with Gasteiger partial charge in [-0.3, -0.25) is 4.40 Å². The molecule has 0 amide bonds. The molecule has 1 aliphatic rings. The van der Waals surface area contributed by atoms with Gasteiger partial charge in [0, 0.05) is 30.7 Å². The van der Waals surface area contributed by atoms with Gasteiger partial charge in [-0.25, -0.2) is 9.97 Å². The van der Waals surface area contributed by atoms with E-state index >= 15 is 0 Å². The van der Waals surface area contributed by atoms with Gasteiger partial charge < -0.3 is 9.73 Å². The molecule has 3 aromatic heterocycles. The smallest absolute Gasteiger partial charge is 0.156 e. The number of nitrogens with one attached hydrogen (secondary N) is 1. The average Bonchev–Trinajstić information content (AvgIpc) is 3.16. The summed E-state index contributed by atoms with van der Waals surface area (Å²) in [6, 6.07) is 8.29. The highest BCUT2D eigenvalue weighted by Crippen LogP contribution is 2.40. The molecular weight excluding hydrogens is 312 g/mol. The summed E-state index contributed by atoms with van der Waals surface area (Å²) in [6.07, 6.45) is 7.52. The fourth-order valence-electron chi connectivity index (χ4n) is 3.70. The van der Waals surface area contributed by atoms with Crippen molar-refractivity contribution in [3.05, 3.63) is 48.0 Å². The molecule has 1 aliphatic carbocycles. The highest BCUT2D eigenvalue weighted by molar-refractivity contribution is 5.90. The van der Waals surface area contributed by atoms with Crippen molar-refractivity contribution in [3.8, 4) is 11.5 Å². The van der Waals surface area contributed by atoms with Crippen molar-refractivity contribution in [3.63, 3.8) is 0 Å². The predicted molar refractivity (Wildman–Crippen MR) is 99.1 cm³/mol. The first-order valence-electron chi connectivity index (χ1n) is 8.80. The van der Waals surface area contributed by atoms with Gasteiger partial charge in [-0.2, -0.15) is 0 Å². The lowest BCUT2D eigenvalue weighted by atomic mass is 9.85. The summed E-state index contributed by atoms with van der Waals surface area (Å²) in [7, 11) is 1.89. The van der Waals surface area contributed by atoms with Crippen LogP contribution in [-0.2, 0) is 0 Å². The summed E-state index contributed by atoms with van der Waals surface area (Å²) in [5.74, 6) is 3.27. The molecule has 0 bridgehead atoms. The Morgan fingerprint density at radius 3 is 2.88 bits per heavy atom. The van der Waals surface area contributed by atoms with Crippen molar-refractivity contribution in [1.82, 2.24) is 14.4 Å². The van der Waals surface area contributed by atoms with Gasteiger partial charge in [-0.05, 0) is 31.4 Å². The second-order valence-electron chi connectivity index (χ2n) is 6.79. The highest BCUT2D eigenvalue weighted by Gasteiger charge is 2.28.